The van der Waals surface area contributed by atoms with Crippen molar-refractivity contribution >= 4 is 41.5 Å². The highest BCUT2D eigenvalue weighted by Gasteiger charge is 2.65. The van der Waals surface area contributed by atoms with E-state index < -0.39 is 66.7 Å². The van der Waals surface area contributed by atoms with Crippen molar-refractivity contribution in [2.75, 3.05) is 60.3 Å². The number of amides is 5. The van der Waals surface area contributed by atoms with Crippen LogP contribution in [0.2, 0.25) is 0 Å². The van der Waals surface area contributed by atoms with Gasteiger partial charge < -0.3 is 60.6 Å². The van der Waals surface area contributed by atoms with Crippen LogP contribution in [-0.4, -0.2) is 153 Å². The maximum atomic E-state index is 12.6. The minimum Gasteiger partial charge on any atom is -0.481 e. The number of aliphatic hydroxyl groups is 2. The van der Waals surface area contributed by atoms with Crippen LogP contribution in [0.5, 0.6) is 0 Å². The summed E-state index contributed by atoms with van der Waals surface area (Å²) in [4.78, 5) is 89.9. The lowest BCUT2D eigenvalue weighted by atomic mass is 9.43. The summed E-state index contributed by atoms with van der Waals surface area (Å²) in [5, 5.41) is 52.1. The van der Waals surface area contributed by atoms with Gasteiger partial charge in [0.1, 0.15) is 12.6 Å². The van der Waals surface area contributed by atoms with Crippen LogP contribution in [0.4, 0.5) is 0 Å². The Morgan fingerprint density at radius 3 is 2.12 bits per heavy atom. The fourth-order valence-electron chi connectivity index (χ4n) is 11.5. The first-order chi connectivity index (χ1) is 31.3. The van der Waals surface area contributed by atoms with Crippen molar-refractivity contribution < 1.29 is 77.8 Å². The highest BCUT2D eigenvalue weighted by atomic mass is 16.7. The number of hydrogen-bond acceptors (Lipinski definition) is 14. The molecule has 0 aromatic rings. The van der Waals surface area contributed by atoms with E-state index in [1.165, 1.54) is 14.2 Å². The van der Waals surface area contributed by atoms with Gasteiger partial charge in [-0.15, -0.1) is 0 Å². The number of hydroxylamine groups is 1. The van der Waals surface area contributed by atoms with Crippen LogP contribution in [0, 0.1) is 46.3 Å². The van der Waals surface area contributed by atoms with Gasteiger partial charge in [-0.2, -0.15) is 0 Å². The molecular formula is C45H75N5O16. The van der Waals surface area contributed by atoms with E-state index in [0.717, 1.165) is 19.3 Å². The Balaban J connectivity index is 1.04. The molecule has 0 aromatic carbocycles. The average molecular weight is 942 g/mol. The van der Waals surface area contributed by atoms with Gasteiger partial charge in [-0.05, 0) is 104 Å². The van der Waals surface area contributed by atoms with Gasteiger partial charge in [0.05, 0.1) is 51.2 Å². The molecule has 4 rings (SSSR count). The predicted octanol–water partition coefficient (Wildman–Crippen LogP) is 0.635. The minimum atomic E-state index is -1.36. The molecule has 0 heterocycles. The Labute approximate surface area is 386 Å². The summed E-state index contributed by atoms with van der Waals surface area (Å²) < 4.78 is 20.5. The van der Waals surface area contributed by atoms with Gasteiger partial charge in [0.25, 0.3) is 0 Å². The first kappa shape index (κ1) is 54.6. The van der Waals surface area contributed by atoms with Gasteiger partial charge in [0.15, 0.2) is 6.29 Å². The van der Waals surface area contributed by atoms with Crippen molar-refractivity contribution in [2.24, 2.45) is 46.3 Å². The standard InChI is InChI=1S/C45H75N5O16/c1-26(6-13-40(58)59)29-7-8-30-42-31(22-34(52)45(29,30)3)44(2)15-14-28(20-27(44)21-33(42)51)66-50-37(55)12-11-35(53)46-16-17-64-18-19-65-25-39(57)49-32(43(60)61)9-10-36(54)47-23-38(56)48-24-41(62-4)63-5/h26-34,41-42,51-52H,6-25H2,1-5H3,(H,46,53)(H,47,54)(H,48,56)(H,49,57)(H,50,55)(H,58,59)(H,60,61)/t26-,27+,28+,29-,30?,31+,32+,33-,34+,42+,44+,45-/m1/s1. The summed E-state index contributed by atoms with van der Waals surface area (Å²) in [5.41, 5.74) is 2.05. The van der Waals surface area contributed by atoms with Gasteiger partial charge in [-0.1, -0.05) is 20.8 Å². The lowest BCUT2D eigenvalue weighted by Crippen LogP contribution is -2.62. The minimum absolute atomic E-state index is 0.00356. The number of rotatable bonds is 28. The molecule has 9 N–H and O–H groups in total. The molecule has 0 saturated heterocycles. The molecule has 21 heteroatoms. The highest BCUT2D eigenvalue weighted by molar-refractivity contribution is 5.86. The Kier molecular flexibility index (Phi) is 21.5. The number of nitrogens with one attached hydrogen (secondary N) is 5. The Morgan fingerprint density at radius 1 is 0.727 bits per heavy atom. The molecule has 4 fully saturated rings. The largest absolute Gasteiger partial charge is 0.481 e. The van der Waals surface area contributed by atoms with E-state index in [2.05, 4.69) is 47.5 Å². The van der Waals surface area contributed by atoms with Crippen molar-refractivity contribution in [3.63, 3.8) is 0 Å². The zero-order valence-corrected chi connectivity index (χ0v) is 39.2. The molecule has 0 aromatic heterocycles. The van der Waals surface area contributed by atoms with Crippen molar-refractivity contribution in [3.8, 4) is 0 Å². The number of carbonyl (C=O) groups excluding carboxylic acids is 5. The second-order valence-electron chi connectivity index (χ2n) is 19.0. The molecule has 1 unspecified atom stereocenters. The maximum Gasteiger partial charge on any atom is 0.326 e. The van der Waals surface area contributed by atoms with E-state index in [1.807, 2.05) is 0 Å². The summed E-state index contributed by atoms with van der Waals surface area (Å²) in [7, 11) is 2.81. The van der Waals surface area contributed by atoms with E-state index in [-0.39, 0.29) is 130 Å². The molecule has 0 aliphatic heterocycles. The lowest BCUT2D eigenvalue weighted by Gasteiger charge is -2.63. The molecule has 0 spiro atoms. The van der Waals surface area contributed by atoms with Crippen LogP contribution in [0.1, 0.15) is 104 Å². The van der Waals surface area contributed by atoms with E-state index in [0.29, 0.717) is 32.1 Å². The summed E-state index contributed by atoms with van der Waals surface area (Å²) in [6.07, 6.45) is 3.40. The number of carboxylic acids is 2. The van der Waals surface area contributed by atoms with Crippen LogP contribution < -0.4 is 26.7 Å². The van der Waals surface area contributed by atoms with Crippen molar-refractivity contribution in [3.05, 3.63) is 0 Å². The third-order valence-electron chi connectivity index (χ3n) is 15.1. The van der Waals surface area contributed by atoms with Crippen LogP contribution in [0.15, 0.2) is 0 Å². The second-order valence-corrected chi connectivity index (χ2v) is 19.0. The third kappa shape index (κ3) is 15.0. The SMILES string of the molecule is COC(CNC(=O)CNC(=O)CC[C@H](NC(=O)COCCOCCNC(=O)CCC(=O)NO[C@H]1CC[C@@]2(C)[C@@H](C1)C[C@@H](O)[C@H]1C3CC[C@H]([C@H](C)CCC(=O)O)[C@@]3(C)[C@@H](O)C[C@@H]12)C(=O)O)OC. The van der Waals surface area contributed by atoms with Crippen molar-refractivity contribution in [1.82, 2.24) is 26.7 Å². The summed E-state index contributed by atoms with van der Waals surface area (Å²) in [6, 6.07) is -1.36. The summed E-state index contributed by atoms with van der Waals surface area (Å²) >= 11 is 0. The molecule has 4 aliphatic rings. The summed E-state index contributed by atoms with van der Waals surface area (Å²) in [5.74, 6) is -3.82. The zero-order valence-electron chi connectivity index (χ0n) is 39.2. The third-order valence-corrected chi connectivity index (χ3v) is 15.1. The van der Waals surface area contributed by atoms with Crippen LogP contribution in [-0.2, 0) is 57.3 Å². The Bertz CT molecular complexity index is 1650. The normalized spacial score (nSPS) is 29.9. The monoisotopic (exact) mass is 942 g/mol. The molecular weight excluding hydrogens is 867 g/mol. The topological polar surface area (TPSA) is 307 Å². The van der Waals surface area contributed by atoms with Crippen LogP contribution in [0.3, 0.4) is 0 Å². The Hall–Kier alpha value is -3.99. The molecule has 0 radical (unpaired) electrons. The van der Waals surface area contributed by atoms with Gasteiger partial charge in [-0.25, -0.2) is 10.3 Å². The number of aliphatic hydroxyl groups excluding tert-OH is 2. The predicted molar refractivity (Wildman–Crippen MR) is 234 cm³/mol. The molecule has 5 amide bonds. The van der Waals surface area contributed by atoms with E-state index in [4.69, 9.17) is 23.8 Å². The maximum absolute atomic E-state index is 12.6. The fourth-order valence-corrected chi connectivity index (χ4v) is 11.5. The van der Waals surface area contributed by atoms with Crippen molar-refractivity contribution in [2.45, 2.75) is 135 Å². The van der Waals surface area contributed by atoms with Crippen molar-refractivity contribution in [1.29, 1.82) is 0 Å². The number of carbonyl (C=O) groups is 7. The molecule has 0 bridgehead atoms. The van der Waals surface area contributed by atoms with Gasteiger partial charge in [0, 0.05) is 46.4 Å². The summed E-state index contributed by atoms with van der Waals surface area (Å²) in [6.45, 7) is 6.23. The number of hydrogen-bond donors (Lipinski definition) is 9. The number of ether oxygens (including phenoxy) is 4. The molecule has 376 valence electrons. The highest BCUT2D eigenvalue weighted by Crippen LogP contribution is 2.68. The lowest BCUT2D eigenvalue weighted by molar-refractivity contribution is -0.212. The van der Waals surface area contributed by atoms with Gasteiger partial charge in [0.2, 0.25) is 29.5 Å². The Morgan fingerprint density at radius 2 is 1.42 bits per heavy atom. The smallest absolute Gasteiger partial charge is 0.326 e. The van der Waals surface area contributed by atoms with Crippen LogP contribution in [0.25, 0.3) is 0 Å². The second kappa shape index (κ2) is 26.0. The average Bonchev–Trinajstić information content (AvgIpc) is 3.64. The number of methoxy groups -OCH3 is 2. The number of fused-ring (bicyclic) bond motifs is 5. The van der Waals surface area contributed by atoms with E-state index in [9.17, 15) is 54.0 Å². The van der Waals surface area contributed by atoms with Gasteiger partial charge >= 0.3 is 11.9 Å². The first-order valence-corrected chi connectivity index (χ1v) is 23.4. The first-order valence-electron chi connectivity index (χ1n) is 23.4. The molecule has 4 aliphatic carbocycles. The van der Waals surface area contributed by atoms with E-state index in [1.54, 1.807) is 0 Å². The quantitative estimate of drug-likeness (QED) is 0.0295. The van der Waals surface area contributed by atoms with E-state index >= 15 is 0 Å². The number of aliphatic carboxylic acids is 2. The number of carboxylic acid groups (broad SMARTS) is 2. The zero-order chi connectivity index (χ0) is 48.6. The molecule has 66 heavy (non-hydrogen) atoms. The molecule has 21 nitrogen and oxygen atoms in total. The van der Waals surface area contributed by atoms with Gasteiger partial charge in [-0.3, -0.25) is 33.6 Å². The fraction of sp³-hybridized carbons (Fsp3) is 0.844. The molecule has 4 saturated carbocycles. The van der Waals surface area contributed by atoms with Crippen LogP contribution >= 0.6 is 0 Å². The molecule has 12 atom stereocenters.